The number of non-ortho nitro benzene ring substituents is 1. The molecule has 0 fully saturated rings. The van der Waals surface area contributed by atoms with Crippen LogP contribution in [0.1, 0.15) is 17.5 Å². The highest BCUT2D eigenvalue weighted by Crippen LogP contribution is 2.31. The van der Waals surface area contributed by atoms with Gasteiger partial charge in [0.05, 0.1) is 10.6 Å². The van der Waals surface area contributed by atoms with E-state index in [9.17, 15) is 19.7 Å². The number of benzene rings is 2. The van der Waals surface area contributed by atoms with Crippen LogP contribution in [-0.4, -0.2) is 22.4 Å². The molecular formula is C21H17N3O4. The molecular weight excluding hydrogens is 358 g/mol. The Bertz CT molecular complexity index is 1180. The number of hydrogen-bond acceptors (Lipinski definition) is 4. The molecule has 0 unspecified atom stereocenters. The lowest BCUT2D eigenvalue weighted by Crippen LogP contribution is -2.34. The quantitative estimate of drug-likeness (QED) is 0.431. The van der Waals surface area contributed by atoms with Gasteiger partial charge >= 0.3 is 0 Å². The van der Waals surface area contributed by atoms with Crippen molar-refractivity contribution in [1.82, 2.24) is 4.98 Å². The van der Waals surface area contributed by atoms with E-state index in [0.29, 0.717) is 17.8 Å². The summed E-state index contributed by atoms with van der Waals surface area (Å²) in [6, 6.07) is 13.7. The second kappa shape index (κ2) is 7.11. The molecule has 1 aliphatic rings. The minimum absolute atomic E-state index is 0.0478. The molecule has 2 aromatic carbocycles. The van der Waals surface area contributed by atoms with Crippen molar-refractivity contribution in [3.05, 3.63) is 86.2 Å². The Balaban J connectivity index is 1.65. The zero-order valence-electron chi connectivity index (χ0n) is 14.9. The lowest BCUT2D eigenvalue weighted by molar-refractivity contribution is -0.384. The van der Waals surface area contributed by atoms with Crippen molar-refractivity contribution in [3.63, 3.8) is 0 Å². The lowest BCUT2D eigenvalue weighted by Gasteiger charge is -2.28. The van der Waals surface area contributed by atoms with E-state index in [4.69, 9.17) is 0 Å². The molecule has 1 N–H and O–H groups in total. The van der Waals surface area contributed by atoms with Gasteiger partial charge in [-0.3, -0.25) is 19.7 Å². The molecule has 4 rings (SSSR count). The molecule has 1 aromatic heterocycles. The fraction of sp³-hybridized carbons (Fsp3) is 0.143. The Labute approximate surface area is 160 Å². The van der Waals surface area contributed by atoms with Gasteiger partial charge in [0, 0.05) is 35.8 Å². The number of anilines is 1. The summed E-state index contributed by atoms with van der Waals surface area (Å²) in [5.41, 5.74) is 2.24. The van der Waals surface area contributed by atoms with Gasteiger partial charge in [0.2, 0.25) is 0 Å². The number of rotatable bonds is 3. The number of nitro benzene ring substituents is 1. The number of pyridine rings is 1. The van der Waals surface area contributed by atoms with Crippen molar-refractivity contribution in [3.8, 4) is 0 Å². The summed E-state index contributed by atoms with van der Waals surface area (Å²) >= 11 is 0. The third kappa shape index (κ3) is 3.29. The van der Waals surface area contributed by atoms with Crippen LogP contribution in [0, 0.1) is 10.1 Å². The molecule has 0 aliphatic carbocycles. The number of aromatic nitrogens is 1. The van der Waals surface area contributed by atoms with Crippen molar-refractivity contribution >= 4 is 34.3 Å². The summed E-state index contributed by atoms with van der Waals surface area (Å²) in [6.07, 6.45) is 4.37. The van der Waals surface area contributed by atoms with Crippen LogP contribution >= 0.6 is 0 Å². The molecule has 7 heteroatoms. The molecule has 0 atom stereocenters. The average molecular weight is 375 g/mol. The summed E-state index contributed by atoms with van der Waals surface area (Å²) in [4.78, 5) is 39.9. The predicted octanol–water partition coefficient (Wildman–Crippen LogP) is 3.43. The van der Waals surface area contributed by atoms with Gasteiger partial charge in [-0.1, -0.05) is 24.3 Å². The maximum absolute atomic E-state index is 12.7. The van der Waals surface area contributed by atoms with Crippen LogP contribution in [0.15, 0.2) is 59.4 Å². The topological polar surface area (TPSA) is 96.3 Å². The van der Waals surface area contributed by atoms with Crippen LogP contribution in [0.3, 0.4) is 0 Å². The zero-order chi connectivity index (χ0) is 19.7. The number of hydrogen-bond donors (Lipinski definition) is 1. The predicted molar refractivity (Wildman–Crippen MR) is 107 cm³/mol. The number of nitro groups is 1. The molecule has 0 spiro atoms. The highest BCUT2D eigenvalue weighted by atomic mass is 16.6. The molecule has 0 saturated heterocycles. The minimum atomic E-state index is -0.470. The number of amides is 1. The molecule has 2 heterocycles. The summed E-state index contributed by atoms with van der Waals surface area (Å²) in [5, 5.41) is 11.9. The number of carbonyl (C=O) groups is 1. The normalized spacial score (nSPS) is 13.6. The molecule has 0 bridgehead atoms. The first-order chi connectivity index (χ1) is 13.5. The SMILES string of the molecule is O=C(/C=C/c1cc2ccccc2[nH]c1=O)N1CCCc2ccc([N+](=O)[O-])cc21. The zero-order valence-corrected chi connectivity index (χ0v) is 14.9. The Morgan fingerprint density at radius 3 is 2.82 bits per heavy atom. The van der Waals surface area contributed by atoms with Gasteiger partial charge in [-0.05, 0) is 42.0 Å². The van der Waals surface area contributed by atoms with E-state index in [-0.39, 0.29) is 17.2 Å². The standard InChI is InChI=1S/C21H17N3O4/c25-20(10-8-16-12-15-4-1-2-6-18(15)22-21(16)26)23-11-3-5-14-7-9-17(24(27)28)13-19(14)23/h1-2,4,6-10,12-13H,3,5,11H2,(H,22,26)/b10-8+. The highest BCUT2D eigenvalue weighted by Gasteiger charge is 2.23. The Morgan fingerprint density at radius 2 is 2.00 bits per heavy atom. The smallest absolute Gasteiger partial charge is 0.271 e. The lowest BCUT2D eigenvalue weighted by atomic mass is 10.0. The van der Waals surface area contributed by atoms with Gasteiger partial charge in [0.25, 0.3) is 17.2 Å². The summed E-state index contributed by atoms with van der Waals surface area (Å²) in [5.74, 6) is -0.311. The van der Waals surface area contributed by atoms with Gasteiger partial charge < -0.3 is 9.88 Å². The van der Waals surface area contributed by atoms with E-state index in [1.54, 1.807) is 12.1 Å². The first-order valence-corrected chi connectivity index (χ1v) is 8.92. The van der Waals surface area contributed by atoms with Crippen molar-refractivity contribution in [1.29, 1.82) is 0 Å². The fourth-order valence-corrected chi connectivity index (χ4v) is 3.44. The van der Waals surface area contributed by atoms with E-state index in [1.807, 2.05) is 24.3 Å². The number of para-hydroxylation sites is 1. The molecule has 28 heavy (non-hydrogen) atoms. The third-order valence-electron chi connectivity index (χ3n) is 4.85. The Morgan fingerprint density at radius 1 is 1.18 bits per heavy atom. The van der Waals surface area contributed by atoms with Gasteiger partial charge in [-0.15, -0.1) is 0 Å². The number of nitrogens with zero attached hydrogens (tertiary/aromatic N) is 2. The van der Waals surface area contributed by atoms with Crippen molar-refractivity contribution in [2.24, 2.45) is 0 Å². The summed E-state index contributed by atoms with van der Waals surface area (Å²) in [6.45, 7) is 0.478. The van der Waals surface area contributed by atoms with Gasteiger partial charge in [0.1, 0.15) is 0 Å². The molecule has 140 valence electrons. The number of aromatic amines is 1. The second-order valence-electron chi connectivity index (χ2n) is 6.64. The van der Waals surface area contributed by atoms with E-state index < -0.39 is 4.92 Å². The van der Waals surface area contributed by atoms with Gasteiger partial charge in [-0.25, -0.2) is 0 Å². The van der Waals surface area contributed by atoms with E-state index in [1.165, 1.54) is 29.2 Å². The third-order valence-corrected chi connectivity index (χ3v) is 4.85. The summed E-state index contributed by atoms with van der Waals surface area (Å²) in [7, 11) is 0. The molecule has 0 radical (unpaired) electrons. The van der Waals surface area contributed by atoms with Crippen LogP contribution in [-0.2, 0) is 11.2 Å². The summed E-state index contributed by atoms with van der Waals surface area (Å²) < 4.78 is 0. The van der Waals surface area contributed by atoms with Crippen LogP contribution in [0.25, 0.3) is 17.0 Å². The second-order valence-corrected chi connectivity index (χ2v) is 6.64. The van der Waals surface area contributed by atoms with Crippen LogP contribution in [0.4, 0.5) is 11.4 Å². The van der Waals surface area contributed by atoms with Gasteiger partial charge in [0.15, 0.2) is 0 Å². The first kappa shape index (κ1) is 17.7. The number of fused-ring (bicyclic) bond motifs is 2. The largest absolute Gasteiger partial charge is 0.321 e. The van der Waals surface area contributed by atoms with Crippen molar-refractivity contribution in [2.75, 3.05) is 11.4 Å². The van der Waals surface area contributed by atoms with Crippen LogP contribution in [0.2, 0.25) is 0 Å². The van der Waals surface area contributed by atoms with Crippen molar-refractivity contribution < 1.29 is 9.72 Å². The average Bonchev–Trinajstić information content (AvgIpc) is 2.71. The number of carbonyl (C=O) groups excluding carboxylic acids is 1. The molecule has 3 aromatic rings. The Hall–Kier alpha value is -3.74. The maximum Gasteiger partial charge on any atom is 0.271 e. The van der Waals surface area contributed by atoms with Gasteiger partial charge in [-0.2, -0.15) is 0 Å². The number of nitrogens with one attached hydrogen (secondary N) is 1. The van der Waals surface area contributed by atoms with Crippen LogP contribution in [0.5, 0.6) is 0 Å². The number of aryl methyl sites for hydroxylation is 1. The van der Waals surface area contributed by atoms with E-state index in [2.05, 4.69) is 4.98 Å². The molecule has 1 aliphatic heterocycles. The molecule has 1 amide bonds. The van der Waals surface area contributed by atoms with E-state index in [0.717, 1.165) is 29.3 Å². The monoisotopic (exact) mass is 375 g/mol. The highest BCUT2D eigenvalue weighted by molar-refractivity contribution is 6.04. The Kier molecular flexibility index (Phi) is 4.49. The number of H-pyrrole nitrogens is 1. The maximum atomic E-state index is 12.7. The molecule has 7 nitrogen and oxygen atoms in total. The van der Waals surface area contributed by atoms with Crippen molar-refractivity contribution in [2.45, 2.75) is 12.8 Å². The molecule has 0 saturated carbocycles. The van der Waals surface area contributed by atoms with E-state index >= 15 is 0 Å². The first-order valence-electron chi connectivity index (χ1n) is 8.92. The van der Waals surface area contributed by atoms with Crippen LogP contribution < -0.4 is 10.5 Å². The minimum Gasteiger partial charge on any atom is -0.321 e. The fourth-order valence-electron chi connectivity index (χ4n) is 3.44.